The molecule has 0 saturated heterocycles. The predicted octanol–water partition coefficient (Wildman–Crippen LogP) is 6.10. The maximum atomic E-state index is 6.20. The number of thiol groups is 3. The Morgan fingerprint density at radius 1 is 0.741 bits per heavy atom. The van der Waals surface area contributed by atoms with Crippen molar-refractivity contribution in [2.24, 2.45) is 0 Å². The lowest BCUT2D eigenvalue weighted by molar-refractivity contribution is -0.345. The molecular weight excluding hydrogens is 396 g/mol. The first kappa shape index (κ1) is 25.7. The summed E-state index contributed by atoms with van der Waals surface area (Å²) in [4.78, 5) is 0. The topological polar surface area (TPSA) is 27.7 Å². The van der Waals surface area contributed by atoms with Gasteiger partial charge in [0.1, 0.15) is 0 Å². The third kappa shape index (κ3) is 10.3. The van der Waals surface area contributed by atoms with Crippen molar-refractivity contribution < 1.29 is 14.2 Å². The van der Waals surface area contributed by atoms with Crippen molar-refractivity contribution in [2.75, 3.05) is 37.1 Å². The molecule has 0 unspecified atom stereocenters. The zero-order valence-electron chi connectivity index (χ0n) is 17.1. The third-order valence-electron chi connectivity index (χ3n) is 5.00. The van der Waals surface area contributed by atoms with Gasteiger partial charge in [0.15, 0.2) is 0 Å². The third-order valence-corrected chi connectivity index (χ3v) is 5.95. The highest BCUT2D eigenvalue weighted by atomic mass is 32.1. The summed E-state index contributed by atoms with van der Waals surface area (Å²) in [6, 6.07) is 0. The van der Waals surface area contributed by atoms with E-state index in [0.717, 1.165) is 67.8 Å². The van der Waals surface area contributed by atoms with Gasteiger partial charge in [0.25, 0.3) is 0 Å². The molecule has 0 saturated carbocycles. The monoisotopic (exact) mass is 436 g/mol. The van der Waals surface area contributed by atoms with Gasteiger partial charge in [-0.3, -0.25) is 0 Å². The molecule has 27 heavy (non-hydrogen) atoms. The van der Waals surface area contributed by atoms with Crippen LogP contribution >= 0.6 is 37.9 Å². The lowest BCUT2D eigenvalue weighted by atomic mass is 10.0. The Labute approximate surface area is 183 Å². The van der Waals surface area contributed by atoms with E-state index < -0.39 is 5.97 Å². The van der Waals surface area contributed by atoms with E-state index in [-0.39, 0.29) is 0 Å². The smallest absolute Gasteiger partial charge is 0.308 e. The van der Waals surface area contributed by atoms with Crippen molar-refractivity contribution in [1.29, 1.82) is 0 Å². The highest BCUT2D eigenvalue weighted by Gasteiger charge is 2.42. The Kier molecular flexibility index (Phi) is 15.7. The fourth-order valence-corrected chi connectivity index (χ4v) is 3.89. The van der Waals surface area contributed by atoms with Gasteiger partial charge in [-0.1, -0.05) is 25.7 Å². The van der Waals surface area contributed by atoms with E-state index >= 15 is 0 Å². The Hall–Kier alpha value is 0.670. The highest BCUT2D eigenvalue weighted by Crippen LogP contribution is 2.36. The van der Waals surface area contributed by atoms with Crippen LogP contribution in [0.15, 0.2) is 11.1 Å². The molecule has 0 aromatic heterocycles. The van der Waals surface area contributed by atoms with Gasteiger partial charge in [-0.2, -0.15) is 37.9 Å². The van der Waals surface area contributed by atoms with E-state index in [1.807, 2.05) is 0 Å². The van der Waals surface area contributed by atoms with Crippen LogP contribution in [0.25, 0.3) is 0 Å². The van der Waals surface area contributed by atoms with Gasteiger partial charge in [-0.15, -0.1) is 0 Å². The highest BCUT2D eigenvalue weighted by molar-refractivity contribution is 7.80. The van der Waals surface area contributed by atoms with E-state index in [1.54, 1.807) is 0 Å². The van der Waals surface area contributed by atoms with Crippen LogP contribution in [0.1, 0.15) is 77.6 Å². The van der Waals surface area contributed by atoms with Gasteiger partial charge in [0, 0.05) is 5.57 Å². The first-order valence-electron chi connectivity index (χ1n) is 10.6. The largest absolute Gasteiger partial charge is 0.324 e. The summed E-state index contributed by atoms with van der Waals surface area (Å²) >= 11 is 12.8. The van der Waals surface area contributed by atoms with Crippen LogP contribution in [-0.2, 0) is 14.2 Å². The summed E-state index contributed by atoms with van der Waals surface area (Å²) in [5.74, 6) is 1.90. The minimum atomic E-state index is -0.955. The summed E-state index contributed by atoms with van der Waals surface area (Å²) in [5.41, 5.74) is 2.47. The first-order chi connectivity index (χ1) is 13.2. The van der Waals surface area contributed by atoms with Crippen molar-refractivity contribution in [3.05, 3.63) is 11.1 Å². The van der Waals surface area contributed by atoms with Crippen LogP contribution in [0.4, 0.5) is 0 Å². The molecule has 0 spiro atoms. The van der Waals surface area contributed by atoms with Gasteiger partial charge >= 0.3 is 5.97 Å². The molecule has 1 aliphatic heterocycles. The molecular formula is C21H40O3S3. The summed E-state index contributed by atoms with van der Waals surface area (Å²) in [6.45, 7) is 4.09. The van der Waals surface area contributed by atoms with Crippen molar-refractivity contribution in [3.63, 3.8) is 0 Å². The van der Waals surface area contributed by atoms with E-state index in [0.29, 0.717) is 19.8 Å². The van der Waals surface area contributed by atoms with E-state index in [9.17, 15) is 0 Å². The van der Waals surface area contributed by atoms with Crippen LogP contribution in [0.3, 0.4) is 0 Å². The van der Waals surface area contributed by atoms with E-state index in [4.69, 9.17) is 14.2 Å². The summed E-state index contributed by atoms with van der Waals surface area (Å²) < 4.78 is 18.5. The number of hydrogen-bond donors (Lipinski definition) is 3. The number of unbranched alkanes of at least 4 members (excludes halogenated alkanes) is 7. The van der Waals surface area contributed by atoms with E-state index in [1.165, 1.54) is 31.3 Å². The van der Waals surface area contributed by atoms with Crippen molar-refractivity contribution >= 4 is 37.9 Å². The maximum absolute atomic E-state index is 6.20. The zero-order chi connectivity index (χ0) is 19.8. The van der Waals surface area contributed by atoms with Gasteiger partial charge in [-0.05, 0) is 74.7 Å². The van der Waals surface area contributed by atoms with Gasteiger partial charge < -0.3 is 14.2 Å². The molecule has 0 amide bonds. The molecule has 6 heteroatoms. The van der Waals surface area contributed by atoms with Crippen LogP contribution in [0.5, 0.6) is 0 Å². The van der Waals surface area contributed by atoms with Crippen molar-refractivity contribution in [2.45, 2.75) is 83.5 Å². The molecule has 0 aromatic rings. The predicted molar refractivity (Wildman–Crippen MR) is 126 cm³/mol. The molecule has 0 aromatic carbocycles. The second kappa shape index (κ2) is 16.5. The van der Waals surface area contributed by atoms with Crippen LogP contribution < -0.4 is 0 Å². The molecule has 0 fully saturated rings. The summed E-state index contributed by atoms with van der Waals surface area (Å²) in [6.07, 6.45) is 12.5. The number of rotatable bonds is 18. The SMILES string of the molecule is CC1=C(CCCCS)COC1(OCCCCCCS)OCCCCCCS. The first-order valence-corrected chi connectivity index (χ1v) is 12.5. The molecule has 0 aliphatic carbocycles. The van der Waals surface area contributed by atoms with Crippen LogP contribution in [0.2, 0.25) is 0 Å². The molecule has 160 valence electrons. The quantitative estimate of drug-likeness (QED) is 0.105. The fraction of sp³-hybridized carbons (Fsp3) is 0.905. The lowest BCUT2D eigenvalue weighted by Gasteiger charge is -2.30. The minimum absolute atomic E-state index is 0.623. The standard InChI is InChI=1S/C21H40O3S3/c1-19-20(12-6-11-17-27)18-24-21(19,22-13-7-2-4-9-15-25)23-14-8-3-5-10-16-26/h25-27H,2-18H2,1H3. The summed E-state index contributed by atoms with van der Waals surface area (Å²) in [7, 11) is 0. The molecule has 3 nitrogen and oxygen atoms in total. The Balaban J connectivity index is 2.52. The Morgan fingerprint density at radius 3 is 1.74 bits per heavy atom. The Bertz CT molecular complexity index is 386. The average molecular weight is 437 g/mol. The summed E-state index contributed by atoms with van der Waals surface area (Å²) in [5, 5.41) is 0. The fourth-order valence-electron chi connectivity index (χ4n) is 3.21. The maximum Gasteiger partial charge on any atom is 0.308 e. The number of ether oxygens (including phenoxy) is 3. The number of hydrogen-bond acceptors (Lipinski definition) is 6. The molecule has 0 radical (unpaired) electrons. The van der Waals surface area contributed by atoms with Crippen molar-refractivity contribution in [1.82, 2.24) is 0 Å². The molecule has 0 bridgehead atoms. The van der Waals surface area contributed by atoms with Gasteiger partial charge in [0.2, 0.25) is 0 Å². The second-order valence-electron chi connectivity index (χ2n) is 7.23. The van der Waals surface area contributed by atoms with Crippen molar-refractivity contribution in [3.8, 4) is 0 Å². The molecule has 1 aliphatic rings. The molecule has 0 N–H and O–H groups in total. The van der Waals surface area contributed by atoms with Gasteiger partial charge in [-0.25, -0.2) is 0 Å². The minimum Gasteiger partial charge on any atom is -0.324 e. The molecule has 1 rings (SSSR count). The Morgan fingerprint density at radius 2 is 1.22 bits per heavy atom. The average Bonchev–Trinajstić information content (AvgIpc) is 2.98. The normalized spacial score (nSPS) is 16.4. The zero-order valence-corrected chi connectivity index (χ0v) is 19.8. The second-order valence-corrected chi connectivity index (χ2v) is 8.57. The van der Waals surface area contributed by atoms with E-state index in [2.05, 4.69) is 44.8 Å². The van der Waals surface area contributed by atoms with Crippen LogP contribution in [0, 0.1) is 0 Å². The lowest BCUT2D eigenvalue weighted by Crippen LogP contribution is -2.38. The molecule has 1 heterocycles. The molecule has 0 atom stereocenters. The van der Waals surface area contributed by atoms with Gasteiger partial charge in [0.05, 0.1) is 19.8 Å². The van der Waals surface area contributed by atoms with Crippen LogP contribution in [-0.4, -0.2) is 43.1 Å².